The average molecular weight is 163 g/mol. The van der Waals surface area contributed by atoms with Crippen molar-refractivity contribution >= 4 is 11.7 Å². The molecule has 0 aromatic carbocycles. The smallest absolute Gasteiger partial charge is 0.228 e. The molecular weight excluding hydrogens is 154 g/mol. The zero-order valence-corrected chi connectivity index (χ0v) is 6.60. The van der Waals surface area contributed by atoms with Crippen molar-refractivity contribution < 1.29 is 4.79 Å². The van der Waals surface area contributed by atoms with E-state index in [9.17, 15) is 4.79 Å². The van der Waals surface area contributed by atoms with Gasteiger partial charge in [-0.15, -0.1) is 5.10 Å². The molecule has 1 fully saturated rings. The maximum Gasteiger partial charge on any atom is 0.228 e. The van der Waals surface area contributed by atoms with Crippen LogP contribution in [0.25, 0.3) is 0 Å². The third kappa shape index (κ3) is 1.15. The highest BCUT2D eigenvalue weighted by molar-refractivity contribution is 5.94. The maximum atomic E-state index is 11.2. The molecule has 1 aromatic rings. The molecule has 4 heteroatoms. The second-order valence-electron chi connectivity index (χ2n) is 2.73. The minimum Gasteiger partial charge on any atom is -0.295 e. The molecule has 0 spiro atoms. The first-order chi connectivity index (χ1) is 5.88. The molecule has 2 rings (SSSR count). The summed E-state index contributed by atoms with van der Waals surface area (Å²) < 4.78 is 0. The molecule has 0 bridgehead atoms. The molecule has 0 atom stereocenters. The lowest BCUT2D eigenvalue weighted by Gasteiger charge is -2.12. The van der Waals surface area contributed by atoms with Gasteiger partial charge in [0.2, 0.25) is 5.91 Å². The number of anilines is 1. The highest BCUT2D eigenvalue weighted by Crippen LogP contribution is 2.16. The number of hydrogen-bond acceptors (Lipinski definition) is 3. The van der Waals surface area contributed by atoms with Crippen LogP contribution in [0, 0.1) is 0 Å². The zero-order valence-electron chi connectivity index (χ0n) is 6.60. The molecule has 0 unspecified atom stereocenters. The van der Waals surface area contributed by atoms with Gasteiger partial charge in [-0.05, 0) is 18.6 Å². The van der Waals surface area contributed by atoms with Crippen LogP contribution >= 0.6 is 0 Å². The van der Waals surface area contributed by atoms with Crippen molar-refractivity contribution in [2.45, 2.75) is 12.8 Å². The van der Waals surface area contributed by atoms with Gasteiger partial charge >= 0.3 is 0 Å². The van der Waals surface area contributed by atoms with E-state index in [0.717, 1.165) is 13.0 Å². The van der Waals surface area contributed by atoms with E-state index in [1.807, 2.05) is 0 Å². The molecule has 1 saturated heterocycles. The molecule has 12 heavy (non-hydrogen) atoms. The topological polar surface area (TPSA) is 46.1 Å². The summed E-state index contributed by atoms with van der Waals surface area (Å²) in [6, 6.07) is 3.59. The number of carbonyl (C=O) groups excluding carboxylic acids is 1. The van der Waals surface area contributed by atoms with Crippen molar-refractivity contribution in [2.24, 2.45) is 0 Å². The fraction of sp³-hybridized carbons (Fsp3) is 0.375. The quantitative estimate of drug-likeness (QED) is 0.609. The van der Waals surface area contributed by atoms with Crippen molar-refractivity contribution in [2.75, 3.05) is 11.4 Å². The fourth-order valence-electron chi connectivity index (χ4n) is 1.33. The van der Waals surface area contributed by atoms with Crippen LogP contribution in [-0.4, -0.2) is 22.6 Å². The number of nitrogens with zero attached hydrogens (tertiary/aromatic N) is 3. The Bertz CT molecular complexity index is 286. The predicted octanol–water partition coefficient (Wildman–Crippen LogP) is 0.603. The van der Waals surface area contributed by atoms with Gasteiger partial charge in [0.25, 0.3) is 0 Å². The first-order valence-corrected chi connectivity index (χ1v) is 3.96. The highest BCUT2D eigenvalue weighted by Gasteiger charge is 2.22. The predicted molar refractivity (Wildman–Crippen MR) is 43.6 cm³/mol. The van der Waals surface area contributed by atoms with Gasteiger partial charge < -0.3 is 0 Å². The number of amides is 1. The summed E-state index contributed by atoms with van der Waals surface area (Å²) >= 11 is 0. The fourth-order valence-corrected chi connectivity index (χ4v) is 1.33. The van der Waals surface area contributed by atoms with E-state index in [1.54, 1.807) is 23.2 Å². The molecule has 2 heterocycles. The van der Waals surface area contributed by atoms with Crippen molar-refractivity contribution in [1.82, 2.24) is 10.2 Å². The second kappa shape index (κ2) is 2.89. The Morgan fingerprint density at radius 3 is 3.00 bits per heavy atom. The maximum absolute atomic E-state index is 11.2. The van der Waals surface area contributed by atoms with Gasteiger partial charge in [-0.25, -0.2) is 0 Å². The van der Waals surface area contributed by atoms with Gasteiger partial charge in [-0.1, -0.05) is 0 Å². The van der Waals surface area contributed by atoms with E-state index < -0.39 is 0 Å². The Kier molecular flexibility index (Phi) is 1.74. The highest BCUT2D eigenvalue weighted by atomic mass is 16.2. The van der Waals surface area contributed by atoms with Gasteiger partial charge in [-0.3, -0.25) is 9.69 Å². The van der Waals surface area contributed by atoms with Crippen molar-refractivity contribution in [3.05, 3.63) is 18.3 Å². The first-order valence-electron chi connectivity index (χ1n) is 3.96. The van der Waals surface area contributed by atoms with Crippen LogP contribution in [0.5, 0.6) is 0 Å². The molecule has 4 nitrogen and oxygen atoms in total. The lowest BCUT2D eigenvalue weighted by molar-refractivity contribution is -0.117. The Morgan fingerprint density at radius 2 is 2.42 bits per heavy atom. The van der Waals surface area contributed by atoms with Crippen molar-refractivity contribution in [1.29, 1.82) is 0 Å². The Labute approximate surface area is 70.2 Å². The van der Waals surface area contributed by atoms with E-state index in [4.69, 9.17) is 0 Å². The van der Waals surface area contributed by atoms with E-state index >= 15 is 0 Å². The molecular formula is C8H9N3O. The van der Waals surface area contributed by atoms with E-state index in [0.29, 0.717) is 12.2 Å². The summed E-state index contributed by atoms with van der Waals surface area (Å²) in [4.78, 5) is 12.9. The minimum atomic E-state index is 0.149. The van der Waals surface area contributed by atoms with Crippen LogP contribution < -0.4 is 4.90 Å². The zero-order chi connectivity index (χ0) is 8.39. The Hall–Kier alpha value is -1.45. The molecule has 1 aliphatic rings. The van der Waals surface area contributed by atoms with Crippen LogP contribution in [0.1, 0.15) is 12.8 Å². The normalized spacial score (nSPS) is 17.0. The van der Waals surface area contributed by atoms with Crippen molar-refractivity contribution in [3.63, 3.8) is 0 Å². The molecule has 0 aliphatic carbocycles. The van der Waals surface area contributed by atoms with Gasteiger partial charge in [0.1, 0.15) is 0 Å². The summed E-state index contributed by atoms with van der Waals surface area (Å²) in [6.45, 7) is 0.775. The Morgan fingerprint density at radius 1 is 1.50 bits per heavy atom. The number of rotatable bonds is 1. The molecule has 1 aromatic heterocycles. The summed E-state index contributed by atoms with van der Waals surface area (Å²) in [7, 11) is 0. The molecule has 1 aliphatic heterocycles. The standard InChI is InChI=1S/C8H9N3O/c12-8-4-2-6-11(8)7-3-1-5-9-10-7/h1,3,5H,2,4,6H2. The van der Waals surface area contributed by atoms with Crippen molar-refractivity contribution in [3.8, 4) is 0 Å². The van der Waals surface area contributed by atoms with Gasteiger partial charge in [-0.2, -0.15) is 5.10 Å². The largest absolute Gasteiger partial charge is 0.295 e. The lowest BCUT2D eigenvalue weighted by Crippen LogP contribution is -2.24. The molecule has 0 radical (unpaired) electrons. The number of hydrogen-bond donors (Lipinski definition) is 0. The summed E-state index contributed by atoms with van der Waals surface area (Å²) in [5.41, 5.74) is 0. The van der Waals surface area contributed by atoms with Crippen LogP contribution in [0.3, 0.4) is 0 Å². The molecule has 62 valence electrons. The molecule has 0 saturated carbocycles. The van der Waals surface area contributed by atoms with E-state index in [1.165, 1.54) is 0 Å². The van der Waals surface area contributed by atoms with Crippen LogP contribution in [0.15, 0.2) is 18.3 Å². The summed E-state index contributed by atoms with van der Waals surface area (Å²) in [6.07, 6.45) is 3.16. The third-order valence-electron chi connectivity index (χ3n) is 1.91. The van der Waals surface area contributed by atoms with Gasteiger partial charge in [0.05, 0.1) is 0 Å². The number of carbonyl (C=O) groups is 1. The molecule has 0 N–H and O–H groups in total. The van der Waals surface area contributed by atoms with Crippen LogP contribution in [0.2, 0.25) is 0 Å². The second-order valence-corrected chi connectivity index (χ2v) is 2.73. The summed E-state index contributed by atoms with van der Waals surface area (Å²) in [5, 5.41) is 7.59. The van der Waals surface area contributed by atoms with Crippen LogP contribution in [0.4, 0.5) is 5.82 Å². The minimum absolute atomic E-state index is 0.149. The third-order valence-corrected chi connectivity index (χ3v) is 1.91. The SMILES string of the molecule is O=C1CCCN1c1cccnn1. The van der Waals surface area contributed by atoms with Gasteiger partial charge in [0.15, 0.2) is 5.82 Å². The lowest BCUT2D eigenvalue weighted by atomic mass is 10.4. The first kappa shape index (κ1) is 7.21. The van der Waals surface area contributed by atoms with E-state index in [2.05, 4.69) is 10.2 Å². The van der Waals surface area contributed by atoms with Crippen LogP contribution in [-0.2, 0) is 4.79 Å². The average Bonchev–Trinajstić information content (AvgIpc) is 2.53. The monoisotopic (exact) mass is 163 g/mol. The van der Waals surface area contributed by atoms with E-state index in [-0.39, 0.29) is 5.91 Å². The molecule has 1 amide bonds. The Balaban J connectivity index is 2.25. The van der Waals surface area contributed by atoms with Gasteiger partial charge in [0, 0.05) is 19.2 Å². The number of aromatic nitrogens is 2. The summed E-state index contributed by atoms with van der Waals surface area (Å²) in [5.74, 6) is 0.815.